The first-order valence-corrected chi connectivity index (χ1v) is 6.44. The predicted octanol–water partition coefficient (Wildman–Crippen LogP) is 3.06. The molecule has 0 bridgehead atoms. The second-order valence-corrected chi connectivity index (χ2v) is 5.20. The number of rotatable bonds is 3. The van der Waals surface area contributed by atoms with Crippen LogP contribution in [0.1, 0.15) is 31.2 Å². The first-order chi connectivity index (χ1) is 7.77. The molecule has 1 aromatic heterocycles. The van der Waals surface area contributed by atoms with Crippen LogP contribution < -0.4 is 0 Å². The summed E-state index contributed by atoms with van der Waals surface area (Å²) < 4.78 is 0. The van der Waals surface area contributed by atoms with Gasteiger partial charge >= 0.3 is 0 Å². The van der Waals surface area contributed by atoms with E-state index < -0.39 is 0 Å². The molecule has 0 saturated heterocycles. The normalized spacial score (nSPS) is 25.9. The second kappa shape index (κ2) is 5.65. The van der Waals surface area contributed by atoms with Crippen LogP contribution in [0.5, 0.6) is 0 Å². The highest BCUT2D eigenvalue weighted by atomic mass is 35.5. The van der Waals surface area contributed by atoms with Crippen molar-refractivity contribution in [1.29, 1.82) is 0 Å². The minimum Gasteiger partial charge on any atom is -0.298 e. The lowest BCUT2D eigenvalue weighted by Crippen LogP contribution is -2.40. The highest BCUT2D eigenvalue weighted by molar-refractivity contribution is 6.21. The van der Waals surface area contributed by atoms with Gasteiger partial charge < -0.3 is 0 Å². The van der Waals surface area contributed by atoms with Crippen molar-refractivity contribution in [3.05, 3.63) is 30.1 Å². The molecule has 1 aliphatic rings. The van der Waals surface area contributed by atoms with Crippen molar-refractivity contribution in [1.82, 2.24) is 9.88 Å². The molecule has 1 heterocycles. The highest BCUT2D eigenvalue weighted by Crippen LogP contribution is 2.27. The molecular weight excluding hydrogens is 220 g/mol. The van der Waals surface area contributed by atoms with Crippen molar-refractivity contribution in [2.45, 2.75) is 43.6 Å². The van der Waals surface area contributed by atoms with Crippen LogP contribution in [0.25, 0.3) is 0 Å². The molecule has 88 valence electrons. The Morgan fingerprint density at radius 1 is 1.44 bits per heavy atom. The quantitative estimate of drug-likeness (QED) is 0.753. The van der Waals surface area contributed by atoms with E-state index in [2.05, 4.69) is 23.0 Å². The predicted molar refractivity (Wildman–Crippen MR) is 67.6 cm³/mol. The van der Waals surface area contributed by atoms with E-state index in [9.17, 15) is 0 Å². The van der Waals surface area contributed by atoms with Gasteiger partial charge in [-0.3, -0.25) is 9.88 Å². The summed E-state index contributed by atoms with van der Waals surface area (Å²) in [6, 6.07) is 4.63. The van der Waals surface area contributed by atoms with Gasteiger partial charge in [-0.05, 0) is 31.5 Å². The Bertz CT molecular complexity index is 315. The van der Waals surface area contributed by atoms with Crippen molar-refractivity contribution in [2.24, 2.45) is 0 Å². The molecule has 1 fully saturated rings. The van der Waals surface area contributed by atoms with Gasteiger partial charge in [0, 0.05) is 30.4 Å². The monoisotopic (exact) mass is 238 g/mol. The largest absolute Gasteiger partial charge is 0.298 e. The summed E-state index contributed by atoms with van der Waals surface area (Å²) in [4.78, 5) is 6.51. The fraction of sp³-hybridized carbons (Fsp3) is 0.615. The Hall–Kier alpha value is -0.600. The molecule has 2 rings (SSSR count). The Labute approximate surface area is 103 Å². The number of halogens is 1. The van der Waals surface area contributed by atoms with Crippen LogP contribution in [0.3, 0.4) is 0 Å². The van der Waals surface area contributed by atoms with Gasteiger partial charge in [-0.2, -0.15) is 0 Å². The molecule has 0 aromatic carbocycles. The molecular formula is C13H19ClN2. The number of nitrogens with zero attached hydrogens (tertiary/aromatic N) is 2. The maximum absolute atomic E-state index is 6.39. The number of pyridine rings is 1. The van der Waals surface area contributed by atoms with Gasteiger partial charge in [-0.15, -0.1) is 11.6 Å². The fourth-order valence-corrected chi connectivity index (χ4v) is 2.93. The van der Waals surface area contributed by atoms with Crippen LogP contribution in [0.15, 0.2) is 24.5 Å². The molecule has 16 heavy (non-hydrogen) atoms. The Kier molecular flexibility index (Phi) is 4.19. The summed E-state index contributed by atoms with van der Waals surface area (Å²) in [6.45, 7) is 0.946. The third-order valence-electron chi connectivity index (χ3n) is 3.37. The highest BCUT2D eigenvalue weighted by Gasteiger charge is 2.26. The zero-order chi connectivity index (χ0) is 11.4. The first-order valence-electron chi connectivity index (χ1n) is 6.00. The van der Waals surface area contributed by atoms with Crippen molar-refractivity contribution in [2.75, 3.05) is 7.05 Å². The zero-order valence-electron chi connectivity index (χ0n) is 9.77. The molecule has 2 atom stereocenters. The Balaban J connectivity index is 1.94. The van der Waals surface area contributed by atoms with Crippen molar-refractivity contribution < 1.29 is 0 Å². The third kappa shape index (κ3) is 2.96. The molecule has 1 aliphatic carbocycles. The summed E-state index contributed by atoms with van der Waals surface area (Å²) in [7, 11) is 2.17. The van der Waals surface area contributed by atoms with Crippen LogP contribution in [0, 0.1) is 0 Å². The van der Waals surface area contributed by atoms with E-state index in [1.54, 1.807) is 0 Å². The van der Waals surface area contributed by atoms with Gasteiger partial charge in [-0.25, -0.2) is 0 Å². The van der Waals surface area contributed by atoms with Gasteiger partial charge in [-0.1, -0.05) is 18.9 Å². The van der Waals surface area contributed by atoms with E-state index in [1.807, 2.05) is 18.5 Å². The van der Waals surface area contributed by atoms with Crippen LogP contribution in [0.4, 0.5) is 0 Å². The van der Waals surface area contributed by atoms with E-state index in [0.717, 1.165) is 13.0 Å². The summed E-state index contributed by atoms with van der Waals surface area (Å²) in [5, 5.41) is 0.315. The molecule has 0 N–H and O–H groups in total. The Morgan fingerprint density at radius 2 is 2.25 bits per heavy atom. The zero-order valence-corrected chi connectivity index (χ0v) is 10.5. The van der Waals surface area contributed by atoms with Crippen molar-refractivity contribution in [3.8, 4) is 0 Å². The lowest BCUT2D eigenvalue weighted by atomic mass is 9.93. The number of alkyl halides is 1. The molecule has 1 aromatic rings. The molecule has 0 aliphatic heterocycles. The Morgan fingerprint density at radius 3 is 2.94 bits per heavy atom. The lowest BCUT2D eigenvalue weighted by Gasteiger charge is -2.34. The average Bonchev–Trinajstić information content (AvgIpc) is 2.31. The van der Waals surface area contributed by atoms with Gasteiger partial charge in [0.2, 0.25) is 0 Å². The number of hydrogen-bond donors (Lipinski definition) is 0. The van der Waals surface area contributed by atoms with E-state index in [-0.39, 0.29) is 0 Å². The second-order valence-electron chi connectivity index (χ2n) is 4.64. The van der Waals surface area contributed by atoms with Crippen LogP contribution in [-0.2, 0) is 6.54 Å². The van der Waals surface area contributed by atoms with Gasteiger partial charge in [0.1, 0.15) is 0 Å². The molecule has 0 spiro atoms. The number of aromatic nitrogens is 1. The van der Waals surface area contributed by atoms with Crippen LogP contribution in [-0.4, -0.2) is 28.4 Å². The first kappa shape index (κ1) is 11.9. The molecule has 0 radical (unpaired) electrons. The van der Waals surface area contributed by atoms with Crippen molar-refractivity contribution >= 4 is 11.6 Å². The lowest BCUT2D eigenvalue weighted by molar-refractivity contribution is 0.188. The minimum atomic E-state index is 0.315. The van der Waals surface area contributed by atoms with Gasteiger partial charge in [0.25, 0.3) is 0 Å². The standard InChI is InChI=1S/C13H19ClN2/c1-16(10-11-5-4-8-15-9-11)13-7-3-2-6-12(13)14/h4-5,8-9,12-13H,2-3,6-7,10H2,1H3. The van der Waals surface area contributed by atoms with Crippen molar-refractivity contribution in [3.63, 3.8) is 0 Å². The average molecular weight is 239 g/mol. The molecule has 1 saturated carbocycles. The summed E-state index contributed by atoms with van der Waals surface area (Å²) >= 11 is 6.39. The molecule has 3 heteroatoms. The van der Waals surface area contributed by atoms with E-state index in [0.29, 0.717) is 11.4 Å². The van der Waals surface area contributed by atoms with Crippen LogP contribution in [0.2, 0.25) is 0 Å². The van der Waals surface area contributed by atoms with Crippen LogP contribution >= 0.6 is 11.6 Å². The van der Waals surface area contributed by atoms with E-state index in [1.165, 1.54) is 24.8 Å². The maximum atomic E-state index is 6.39. The molecule has 0 amide bonds. The minimum absolute atomic E-state index is 0.315. The third-order valence-corrected chi connectivity index (χ3v) is 3.88. The summed E-state index contributed by atoms with van der Waals surface area (Å²) in [6.07, 6.45) is 8.72. The molecule has 2 unspecified atom stereocenters. The molecule has 2 nitrogen and oxygen atoms in total. The van der Waals surface area contributed by atoms with E-state index in [4.69, 9.17) is 11.6 Å². The topological polar surface area (TPSA) is 16.1 Å². The summed E-state index contributed by atoms with van der Waals surface area (Å²) in [5.41, 5.74) is 1.26. The fourth-order valence-electron chi connectivity index (χ4n) is 2.46. The summed E-state index contributed by atoms with van der Waals surface area (Å²) in [5.74, 6) is 0. The maximum Gasteiger partial charge on any atom is 0.0491 e. The smallest absolute Gasteiger partial charge is 0.0491 e. The SMILES string of the molecule is CN(Cc1cccnc1)C1CCCCC1Cl. The number of hydrogen-bond acceptors (Lipinski definition) is 2. The van der Waals surface area contributed by atoms with Gasteiger partial charge in [0.15, 0.2) is 0 Å². The van der Waals surface area contributed by atoms with Gasteiger partial charge in [0.05, 0.1) is 0 Å². The van der Waals surface area contributed by atoms with E-state index >= 15 is 0 Å².